The number of hydrogen-bond donors (Lipinski definition) is 0. The van der Waals surface area contributed by atoms with Gasteiger partial charge in [-0.3, -0.25) is 0 Å². The third kappa shape index (κ3) is 3.46. The lowest BCUT2D eigenvalue weighted by atomic mass is 10.2. The lowest BCUT2D eigenvalue weighted by molar-refractivity contribution is 0.0595. The van der Waals surface area contributed by atoms with Crippen LogP contribution in [0.15, 0.2) is 23.1 Å². The van der Waals surface area contributed by atoms with E-state index in [4.69, 9.17) is 4.74 Å². The van der Waals surface area contributed by atoms with Gasteiger partial charge in [-0.1, -0.05) is 6.92 Å². The highest BCUT2D eigenvalue weighted by atomic mass is 32.2. The Bertz CT molecular complexity index is 533. The summed E-state index contributed by atoms with van der Waals surface area (Å²) in [4.78, 5) is 11.6. The summed E-state index contributed by atoms with van der Waals surface area (Å²) in [6.45, 7) is 2.38. The summed E-state index contributed by atoms with van der Waals surface area (Å²) in [7, 11) is -2.13. The van der Waals surface area contributed by atoms with Crippen molar-refractivity contribution in [2.24, 2.45) is 0 Å². The van der Waals surface area contributed by atoms with E-state index in [1.807, 2.05) is 6.92 Å². The Balaban J connectivity index is 3.25. The Kier molecular flexibility index (Phi) is 4.72. The zero-order valence-electron chi connectivity index (χ0n) is 10.6. The summed E-state index contributed by atoms with van der Waals surface area (Å²) in [5.74, 6) is -0.289. The number of hydrogen-bond acceptors (Lipinski definition) is 5. The van der Waals surface area contributed by atoms with Gasteiger partial charge in [0.05, 0.1) is 18.6 Å². The number of methoxy groups -OCH3 is 1. The first kappa shape index (κ1) is 14.5. The van der Waals surface area contributed by atoms with Crippen LogP contribution in [0.3, 0.4) is 0 Å². The average Bonchev–Trinajstić information content (AvgIpc) is 2.34. The van der Waals surface area contributed by atoms with Crippen LogP contribution in [0.25, 0.3) is 0 Å². The van der Waals surface area contributed by atoms with E-state index < -0.39 is 15.8 Å². The van der Waals surface area contributed by atoms with Gasteiger partial charge in [-0.2, -0.15) is 0 Å². The molecular formula is C12H16O5S. The minimum Gasteiger partial charge on any atom is -0.493 e. The Morgan fingerprint density at radius 1 is 1.33 bits per heavy atom. The highest BCUT2D eigenvalue weighted by Crippen LogP contribution is 2.23. The van der Waals surface area contributed by atoms with Crippen molar-refractivity contribution >= 4 is 15.8 Å². The normalized spacial score (nSPS) is 11.1. The molecule has 0 heterocycles. The molecule has 0 aliphatic carbocycles. The highest BCUT2D eigenvalue weighted by Gasteiger charge is 2.17. The predicted octanol–water partition coefficient (Wildman–Crippen LogP) is 1.67. The van der Waals surface area contributed by atoms with Crippen LogP contribution in [-0.4, -0.2) is 34.4 Å². The summed E-state index contributed by atoms with van der Waals surface area (Å²) in [6.07, 6.45) is 1.87. The smallest absolute Gasteiger partial charge is 0.341 e. The molecule has 0 spiro atoms. The number of sulfone groups is 1. The van der Waals surface area contributed by atoms with Crippen molar-refractivity contribution in [2.45, 2.75) is 18.2 Å². The summed E-state index contributed by atoms with van der Waals surface area (Å²) in [5, 5.41) is 0. The standard InChI is InChI=1S/C12H16O5S/c1-4-7-17-11-6-5-9(18(3,14)15)8-10(11)12(13)16-2/h5-6,8H,4,7H2,1-3H3. The molecule has 0 saturated carbocycles. The maximum Gasteiger partial charge on any atom is 0.341 e. The molecule has 0 aromatic heterocycles. The van der Waals surface area contributed by atoms with Gasteiger partial charge in [0.1, 0.15) is 11.3 Å². The molecule has 100 valence electrons. The fourth-order valence-corrected chi connectivity index (χ4v) is 1.99. The third-order valence-electron chi connectivity index (χ3n) is 2.25. The van der Waals surface area contributed by atoms with Crippen molar-refractivity contribution < 1.29 is 22.7 Å². The maximum atomic E-state index is 11.6. The van der Waals surface area contributed by atoms with Gasteiger partial charge < -0.3 is 9.47 Å². The van der Waals surface area contributed by atoms with Crippen molar-refractivity contribution in [3.05, 3.63) is 23.8 Å². The number of carbonyl (C=O) groups excluding carboxylic acids is 1. The molecular weight excluding hydrogens is 256 g/mol. The molecule has 6 heteroatoms. The average molecular weight is 272 g/mol. The van der Waals surface area contributed by atoms with Gasteiger partial charge in [-0.25, -0.2) is 13.2 Å². The summed E-state index contributed by atoms with van der Waals surface area (Å²) in [6, 6.07) is 4.15. The van der Waals surface area contributed by atoms with Crippen LogP contribution in [0.5, 0.6) is 5.75 Å². The molecule has 0 aliphatic heterocycles. The van der Waals surface area contributed by atoms with Crippen molar-refractivity contribution in [3.8, 4) is 5.75 Å². The van der Waals surface area contributed by atoms with Gasteiger partial charge in [0, 0.05) is 6.26 Å². The molecule has 0 bridgehead atoms. The Morgan fingerprint density at radius 3 is 2.50 bits per heavy atom. The molecule has 0 atom stereocenters. The highest BCUT2D eigenvalue weighted by molar-refractivity contribution is 7.90. The molecule has 0 saturated heterocycles. The van der Waals surface area contributed by atoms with E-state index in [0.29, 0.717) is 12.4 Å². The van der Waals surface area contributed by atoms with Gasteiger partial charge >= 0.3 is 5.97 Å². The maximum absolute atomic E-state index is 11.6. The zero-order valence-corrected chi connectivity index (χ0v) is 11.4. The van der Waals surface area contributed by atoms with Crippen LogP contribution in [0.2, 0.25) is 0 Å². The first-order valence-electron chi connectivity index (χ1n) is 5.45. The fraction of sp³-hybridized carbons (Fsp3) is 0.417. The Hall–Kier alpha value is -1.56. The number of rotatable bonds is 5. The summed E-state index contributed by atoms with van der Waals surface area (Å²) >= 11 is 0. The first-order chi connectivity index (χ1) is 8.40. The number of ether oxygens (including phenoxy) is 2. The Morgan fingerprint density at radius 2 is 2.00 bits per heavy atom. The molecule has 5 nitrogen and oxygen atoms in total. The van der Waals surface area contributed by atoms with Gasteiger partial charge in [-0.15, -0.1) is 0 Å². The van der Waals surface area contributed by atoms with Gasteiger partial charge in [0.15, 0.2) is 9.84 Å². The van der Waals surface area contributed by atoms with Crippen LogP contribution in [0, 0.1) is 0 Å². The molecule has 0 N–H and O–H groups in total. The monoisotopic (exact) mass is 272 g/mol. The molecule has 0 aliphatic rings. The molecule has 18 heavy (non-hydrogen) atoms. The predicted molar refractivity (Wildman–Crippen MR) is 66.7 cm³/mol. The van der Waals surface area contributed by atoms with E-state index in [2.05, 4.69) is 4.74 Å². The summed E-state index contributed by atoms with van der Waals surface area (Å²) in [5.41, 5.74) is 0.119. The minimum absolute atomic E-state index is 0.0618. The quantitative estimate of drug-likeness (QED) is 0.762. The van der Waals surface area contributed by atoms with Crippen molar-refractivity contribution in [2.75, 3.05) is 20.0 Å². The fourth-order valence-electron chi connectivity index (χ4n) is 1.35. The molecule has 1 aromatic rings. The molecule has 1 rings (SSSR count). The van der Waals surface area contributed by atoms with Crippen LogP contribution in [-0.2, 0) is 14.6 Å². The third-order valence-corrected chi connectivity index (χ3v) is 3.36. The molecule has 1 aromatic carbocycles. The van der Waals surface area contributed by atoms with Gasteiger partial charge in [0.2, 0.25) is 0 Å². The van der Waals surface area contributed by atoms with Crippen LogP contribution in [0.1, 0.15) is 23.7 Å². The van der Waals surface area contributed by atoms with E-state index in [0.717, 1.165) is 12.7 Å². The second-order valence-corrected chi connectivity index (χ2v) is 5.79. The number of esters is 1. The van der Waals surface area contributed by atoms with Gasteiger partial charge in [-0.05, 0) is 24.6 Å². The topological polar surface area (TPSA) is 69.7 Å². The van der Waals surface area contributed by atoms with E-state index >= 15 is 0 Å². The van der Waals surface area contributed by atoms with E-state index in [1.54, 1.807) is 0 Å². The lowest BCUT2D eigenvalue weighted by Crippen LogP contribution is -2.08. The SMILES string of the molecule is CCCOc1ccc(S(C)(=O)=O)cc1C(=O)OC. The number of carbonyl (C=O) groups is 1. The zero-order chi connectivity index (χ0) is 13.8. The molecule has 0 fully saturated rings. The number of benzene rings is 1. The molecule has 0 radical (unpaired) electrons. The van der Waals surface area contributed by atoms with Crippen molar-refractivity contribution in [1.82, 2.24) is 0 Å². The van der Waals surface area contributed by atoms with Gasteiger partial charge in [0.25, 0.3) is 0 Å². The summed E-state index contributed by atoms with van der Waals surface area (Å²) < 4.78 is 32.8. The lowest BCUT2D eigenvalue weighted by Gasteiger charge is -2.10. The first-order valence-corrected chi connectivity index (χ1v) is 7.34. The largest absolute Gasteiger partial charge is 0.493 e. The van der Waals surface area contributed by atoms with Crippen molar-refractivity contribution in [1.29, 1.82) is 0 Å². The van der Waals surface area contributed by atoms with Crippen LogP contribution >= 0.6 is 0 Å². The van der Waals surface area contributed by atoms with Crippen molar-refractivity contribution in [3.63, 3.8) is 0 Å². The van der Waals surface area contributed by atoms with E-state index in [1.165, 1.54) is 25.3 Å². The van der Waals surface area contributed by atoms with E-state index in [-0.39, 0.29) is 10.5 Å². The molecule has 0 unspecified atom stereocenters. The second-order valence-electron chi connectivity index (χ2n) is 3.77. The van der Waals surface area contributed by atoms with Crippen LogP contribution in [0.4, 0.5) is 0 Å². The molecule has 0 amide bonds. The van der Waals surface area contributed by atoms with E-state index in [9.17, 15) is 13.2 Å². The Labute approximate surface area is 107 Å². The second kappa shape index (κ2) is 5.86. The minimum atomic E-state index is -3.37. The van der Waals surface area contributed by atoms with Crippen LogP contribution < -0.4 is 4.74 Å².